The number of nitrogen functional groups attached to an aromatic ring is 1. The molecule has 0 saturated carbocycles. The Kier molecular flexibility index (Phi) is 2.83. The van der Waals surface area contributed by atoms with Crippen LogP contribution in [0.5, 0.6) is 12.0 Å². The van der Waals surface area contributed by atoms with Crippen LogP contribution in [0.4, 0.5) is 0 Å². The first-order valence-electron chi connectivity index (χ1n) is 4.85. The van der Waals surface area contributed by atoms with Gasteiger partial charge in [0.1, 0.15) is 0 Å². The molecular formula is C8H11N7O3. The van der Waals surface area contributed by atoms with Gasteiger partial charge < -0.3 is 15.3 Å². The van der Waals surface area contributed by atoms with Gasteiger partial charge in [-0.15, -0.1) is 14.8 Å². The van der Waals surface area contributed by atoms with E-state index in [-0.39, 0.29) is 18.0 Å². The summed E-state index contributed by atoms with van der Waals surface area (Å²) in [5, 5.41) is 3.91. The van der Waals surface area contributed by atoms with Crippen LogP contribution in [-0.2, 0) is 0 Å². The van der Waals surface area contributed by atoms with Gasteiger partial charge in [-0.1, -0.05) is 0 Å². The maximum Gasteiger partial charge on any atom is 0.372 e. The Balaban J connectivity index is 2.63. The normalized spacial score (nSPS) is 10.4. The number of aryl methyl sites for hydroxylation is 1. The summed E-state index contributed by atoms with van der Waals surface area (Å²) in [5.74, 6) is 5.75. The number of rotatable bonds is 3. The van der Waals surface area contributed by atoms with Crippen molar-refractivity contribution in [1.29, 1.82) is 0 Å². The molecule has 0 spiro atoms. The van der Waals surface area contributed by atoms with Gasteiger partial charge in [-0.3, -0.25) is 0 Å². The van der Waals surface area contributed by atoms with Crippen molar-refractivity contribution in [3.05, 3.63) is 16.3 Å². The van der Waals surface area contributed by atoms with Gasteiger partial charge in [-0.2, -0.15) is 14.6 Å². The van der Waals surface area contributed by atoms with Crippen LogP contribution < -0.4 is 21.0 Å². The van der Waals surface area contributed by atoms with Crippen molar-refractivity contribution in [3.63, 3.8) is 0 Å². The third kappa shape index (κ3) is 1.83. The Morgan fingerprint density at radius 1 is 1.11 bits per heavy atom. The lowest BCUT2D eigenvalue weighted by Crippen LogP contribution is -2.30. The minimum Gasteiger partial charge on any atom is -0.467 e. The molecule has 0 fully saturated rings. The lowest BCUT2D eigenvalue weighted by atomic mass is 10.7. The van der Waals surface area contributed by atoms with Crippen LogP contribution in [0.1, 0.15) is 5.82 Å². The van der Waals surface area contributed by atoms with E-state index >= 15 is 0 Å². The molecule has 0 saturated heterocycles. The molecule has 0 aliphatic heterocycles. The molecule has 2 aromatic rings. The average Bonchev–Trinajstić information content (AvgIpc) is 2.65. The predicted molar refractivity (Wildman–Crippen MR) is 59.2 cm³/mol. The number of methoxy groups -OCH3 is 2. The number of ether oxygens (including phenoxy) is 2. The summed E-state index contributed by atoms with van der Waals surface area (Å²) in [6, 6.07) is 0.0148. The number of nitrogens with zero attached hydrogens (tertiary/aromatic N) is 6. The largest absolute Gasteiger partial charge is 0.467 e. The quantitative estimate of drug-likeness (QED) is 0.639. The molecule has 0 aliphatic carbocycles. The zero-order valence-corrected chi connectivity index (χ0v) is 9.99. The molecule has 0 radical (unpaired) electrons. The van der Waals surface area contributed by atoms with Crippen molar-refractivity contribution < 1.29 is 9.47 Å². The van der Waals surface area contributed by atoms with E-state index in [2.05, 4.69) is 20.1 Å². The molecule has 10 nitrogen and oxygen atoms in total. The Hall–Kier alpha value is -2.65. The van der Waals surface area contributed by atoms with E-state index in [1.807, 2.05) is 0 Å². The van der Waals surface area contributed by atoms with E-state index in [4.69, 9.17) is 15.3 Å². The average molecular weight is 253 g/mol. The molecule has 0 bridgehead atoms. The van der Waals surface area contributed by atoms with Crippen molar-refractivity contribution in [2.45, 2.75) is 6.92 Å². The third-order valence-corrected chi connectivity index (χ3v) is 2.12. The second-order valence-electron chi connectivity index (χ2n) is 3.22. The van der Waals surface area contributed by atoms with Gasteiger partial charge in [0.05, 0.1) is 14.2 Å². The van der Waals surface area contributed by atoms with Crippen molar-refractivity contribution in [1.82, 2.24) is 29.4 Å². The molecule has 2 heterocycles. The first-order valence-corrected chi connectivity index (χ1v) is 4.85. The highest BCUT2D eigenvalue weighted by Crippen LogP contribution is 2.10. The molecule has 0 aromatic carbocycles. The Labute approximate surface area is 101 Å². The van der Waals surface area contributed by atoms with E-state index in [0.717, 1.165) is 9.36 Å². The molecule has 0 atom stereocenters. The van der Waals surface area contributed by atoms with Crippen LogP contribution in [0, 0.1) is 6.92 Å². The summed E-state index contributed by atoms with van der Waals surface area (Å²) in [7, 11) is 2.77. The molecule has 0 aliphatic rings. The maximum absolute atomic E-state index is 11.7. The second-order valence-corrected chi connectivity index (χ2v) is 3.22. The van der Waals surface area contributed by atoms with Crippen LogP contribution >= 0.6 is 0 Å². The highest BCUT2D eigenvalue weighted by molar-refractivity contribution is 5.15. The fourth-order valence-electron chi connectivity index (χ4n) is 1.21. The molecule has 2 N–H and O–H groups in total. The number of nitrogens with two attached hydrogens (primary N) is 1. The SMILES string of the molecule is COc1nc(OC)nc(-n2nc(C)n(N)c2=O)n1. The fourth-order valence-corrected chi connectivity index (χ4v) is 1.21. The lowest BCUT2D eigenvalue weighted by Gasteiger charge is -2.03. The molecule has 10 heteroatoms. The van der Waals surface area contributed by atoms with Gasteiger partial charge >= 0.3 is 17.7 Å². The van der Waals surface area contributed by atoms with Gasteiger partial charge in [-0.25, -0.2) is 4.79 Å². The molecule has 2 aromatic heterocycles. The highest BCUT2D eigenvalue weighted by atomic mass is 16.5. The van der Waals surface area contributed by atoms with Gasteiger partial charge in [0.25, 0.3) is 5.95 Å². The molecule has 18 heavy (non-hydrogen) atoms. The molecule has 96 valence electrons. The van der Waals surface area contributed by atoms with E-state index in [9.17, 15) is 4.79 Å². The third-order valence-electron chi connectivity index (χ3n) is 2.12. The monoisotopic (exact) mass is 253 g/mol. The number of aromatic nitrogens is 6. The Bertz CT molecular complexity index is 610. The van der Waals surface area contributed by atoms with E-state index < -0.39 is 5.69 Å². The summed E-state index contributed by atoms with van der Waals surface area (Å²) in [6.07, 6.45) is 0. The van der Waals surface area contributed by atoms with Gasteiger partial charge in [0, 0.05) is 0 Å². The minimum absolute atomic E-state index is 0.00738. The topological polar surface area (TPSA) is 123 Å². The van der Waals surface area contributed by atoms with Crippen LogP contribution in [-0.4, -0.2) is 43.6 Å². The van der Waals surface area contributed by atoms with Crippen LogP contribution in [0.15, 0.2) is 4.79 Å². The van der Waals surface area contributed by atoms with E-state index in [0.29, 0.717) is 5.82 Å². The summed E-state index contributed by atoms with van der Waals surface area (Å²) >= 11 is 0. The van der Waals surface area contributed by atoms with Gasteiger partial charge in [0.2, 0.25) is 0 Å². The van der Waals surface area contributed by atoms with E-state index in [1.165, 1.54) is 14.2 Å². The molecule has 0 unspecified atom stereocenters. The predicted octanol–water partition coefficient (Wildman–Crippen LogP) is -1.74. The van der Waals surface area contributed by atoms with Crippen molar-refractivity contribution in [3.8, 4) is 18.0 Å². The fraction of sp³-hybridized carbons (Fsp3) is 0.375. The van der Waals surface area contributed by atoms with Crippen molar-refractivity contribution >= 4 is 0 Å². The number of hydrogen-bond acceptors (Lipinski definition) is 8. The molecule has 2 rings (SSSR count). The van der Waals surface area contributed by atoms with Crippen LogP contribution in [0.2, 0.25) is 0 Å². The smallest absolute Gasteiger partial charge is 0.372 e. The first-order chi connectivity index (χ1) is 8.56. The summed E-state index contributed by atoms with van der Waals surface area (Å²) in [4.78, 5) is 23.3. The van der Waals surface area contributed by atoms with E-state index in [1.54, 1.807) is 6.92 Å². The zero-order valence-electron chi connectivity index (χ0n) is 9.99. The first kappa shape index (κ1) is 11.8. The minimum atomic E-state index is -0.581. The number of hydrogen-bond donors (Lipinski definition) is 1. The van der Waals surface area contributed by atoms with Crippen molar-refractivity contribution in [2.75, 3.05) is 20.1 Å². The molecule has 0 amide bonds. The Morgan fingerprint density at radius 3 is 2.06 bits per heavy atom. The lowest BCUT2D eigenvalue weighted by molar-refractivity contribution is 0.338. The van der Waals surface area contributed by atoms with Gasteiger partial charge in [-0.05, 0) is 6.92 Å². The molecular weight excluding hydrogens is 242 g/mol. The maximum atomic E-state index is 11.7. The summed E-state index contributed by atoms with van der Waals surface area (Å²) in [6.45, 7) is 1.58. The Morgan fingerprint density at radius 2 is 1.67 bits per heavy atom. The van der Waals surface area contributed by atoms with Crippen LogP contribution in [0.25, 0.3) is 5.95 Å². The second kappa shape index (κ2) is 4.31. The van der Waals surface area contributed by atoms with Gasteiger partial charge in [0.15, 0.2) is 5.82 Å². The summed E-state index contributed by atoms with van der Waals surface area (Å²) < 4.78 is 11.6. The van der Waals surface area contributed by atoms with Crippen molar-refractivity contribution in [2.24, 2.45) is 0 Å². The highest BCUT2D eigenvalue weighted by Gasteiger charge is 2.15. The zero-order chi connectivity index (χ0) is 13.3. The standard InChI is InChI=1S/C8H11N7O3/c1-4-13-15(8(16)14(4)9)5-10-6(17-2)12-7(11-5)18-3/h9H2,1-3H3. The summed E-state index contributed by atoms with van der Waals surface area (Å²) in [5.41, 5.74) is -0.581. The van der Waals surface area contributed by atoms with Crippen LogP contribution in [0.3, 0.4) is 0 Å².